The molecule has 0 saturated carbocycles. The van der Waals surface area contributed by atoms with Crippen molar-refractivity contribution in [2.75, 3.05) is 21.3 Å². The number of nitrogens with zero attached hydrogens (tertiary/aromatic N) is 1. The van der Waals surface area contributed by atoms with E-state index in [0.29, 0.717) is 27.8 Å². The first-order chi connectivity index (χ1) is 12.0. The average molecular weight is 365 g/mol. The molecule has 0 unspecified atom stereocenters. The molecule has 2 N–H and O–H groups in total. The normalized spacial score (nSPS) is 11.0. The van der Waals surface area contributed by atoms with E-state index in [1.165, 1.54) is 33.5 Å². The molecule has 2 aromatic carbocycles. The second-order valence-corrected chi connectivity index (χ2v) is 5.21. The van der Waals surface area contributed by atoms with E-state index in [1.807, 2.05) is 0 Å². The van der Waals surface area contributed by atoms with E-state index in [1.54, 1.807) is 24.3 Å². The minimum absolute atomic E-state index is 0.0393. The summed E-state index contributed by atoms with van der Waals surface area (Å²) in [6.07, 6.45) is 0. The van der Waals surface area contributed by atoms with Crippen LogP contribution < -0.4 is 19.9 Å². The van der Waals surface area contributed by atoms with Gasteiger partial charge in [-0.3, -0.25) is 0 Å². The Bertz CT molecular complexity index is 765. The Kier molecular flexibility index (Phi) is 6.08. The lowest BCUT2D eigenvalue weighted by atomic mass is 10.2. The van der Waals surface area contributed by atoms with Crippen molar-refractivity contribution in [3.8, 4) is 17.2 Å². The van der Waals surface area contributed by atoms with E-state index >= 15 is 0 Å². The highest BCUT2D eigenvalue weighted by Gasteiger charge is 2.18. The first-order valence-corrected chi connectivity index (χ1v) is 7.48. The van der Waals surface area contributed by atoms with E-state index in [9.17, 15) is 4.79 Å². The van der Waals surface area contributed by atoms with Crippen LogP contribution in [0.4, 0.5) is 0 Å². The van der Waals surface area contributed by atoms with Gasteiger partial charge in [-0.25, -0.2) is 4.79 Å². The number of nitrogens with two attached hydrogens (primary N) is 1. The molecule has 0 aromatic heterocycles. The topological polar surface area (TPSA) is 92.4 Å². The molecule has 0 spiro atoms. The van der Waals surface area contributed by atoms with Crippen molar-refractivity contribution in [3.63, 3.8) is 0 Å². The standard InChI is InChI=1S/C17H17ClN2O5/c1-22-13-8-11(9-14(23-2)15(13)24-3)17(21)25-20-16(19)10-4-6-12(18)7-5-10/h4-9H,1-3H3,(H2,19,20). The van der Waals surface area contributed by atoms with Crippen LogP contribution >= 0.6 is 11.6 Å². The van der Waals surface area contributed by atoms with Crippen LogP contribution in [0.1, 0.15) is 15.9 Å². The molecule has 25 heavy (non-hydrogen) atoms. The highest BCUT2D eigenvalue weighted by molar-refractivity contribution is 6.30. The van der Waals surface area contributed by atoms with Gasteiger partial charge in [0, 0.05) is 10.6 Å². The number of ether oxygens (including phenoxy) is 3. The summed E-state index contributed by atoms with van der Waals surface area (Å²) in [5.74, 6) is 0.325. The van der Waals surface area contributed by atoms with Crippen LogP contribution in [0.3, 0.4) is 0 Å². The van der Waals surface area contributed by atoms with Crippen molar-refractivity contribution in [3.05, 3.63) is 52.5 Å². The third-order valence-electron chi connectivity index (χ3n) is 3.27. The molecule has 0 aliphatic carbocycles. The Hall–Kier alpha value is -2.93. The zero-order valence-electron chi connectivity index (χ0n) is 13.9. The number of halogens is 1. The Morgan fingerprint density at radius 1 is 0.960 bits per heavy atom. The number of amidine groups is 1. The summed E-state index contributed by atoms with van der Waals surface area (Å²) < 4.78 is 15.6. The third-order valence-corrected chi connectivity index (χ3v) is 3.52. The van der Waals surface area contributed by atoms with Gasteiger partial charge >= 0.3 is 5.97 Å². The molecule has 0 heterocycles. The minimum atomic E-state index is -0.726. The number of rotatable bonds is 6. The molecule has 0 saturated heterocycles. The number of hydrogen-bond acceptors (Lipinski definition) is 6. The lowest BCUT2D eigenvalue weighted by molar-refractivity contribution is 0.0515. The number of carbonyl (C=O) groups is 1. The van der Waals surface area contributed by atoms with Crippen molar-refractivity contribution in [1.29, 1.82) is 0 Å². The van der Waals surface area contributed by atoms with Gasteiger partial charge in [-0.1, -0.05) is 16.8 Å². The zero-order valence-corrected chi connectivity index (χ0v) is 14.7. The number of carbonyl (C=O) groups excluding carboxylic acids is 1. The smallest absolute Gasteiger partial charge is 0.366 e. The SMILES string of the molecule is COc1cc(C(=O)O/N=C(\N)c2ccc(Cl)cc2)cc(OC)c1OC. The van der Waals surface area contributed by atoms with E-state index in [-0.39, 0.29) is 11.4 Å². The molecular formula is C17H17ClN2O5. The lowest BCUT2D eigenvalue weighted by Crippen LogP contribution is -2.15. The fourth-order valence-corrected chi connectivity index (χ4v) is 2.14. The van der Waals surface area contributed by atoms with Crippen molar-refractivity contribution in [1.82, 2.24) is 0 Å². The lowest BCUT2D eigenvalue weighted by Gasteiger charge is -2.13. The maximum Gasteiger partial charge on any atom is 0.366 e. The molecule has 0 fully saturated rings. The maximum atomic E-state index is 12.2. The quantitative estimate of drug-likeness (QED) is 0.367. The van der Waals surface area contributed by atoms with Gasteiger partial charge in [-0.05, 0) is 36.4 Å². The number of oxime groups is 1. The molecule has 0 aliphatic heterocycles. The summed E-state index contributed by atoms with van der Waals surface area (Å²) in [5, 5.41) is 4.20. The minimum Gasteiger partial charge on any atom is -0.493 e. The van der Waals surface area contributed by atoms with Gasteiger partial charge in [-0.2, -0.15) is 0 Å². The van der Waals surface area contributed by atoms with Crippen LogP contribution in [-0.2, 0) is 4.84 Å². The largest absolute Gasteiger partial charge is 0.493 e. The summed E-state index contributed by atoms with van der Waals surface area (Å²) >= 11 is 5.81. The maximum absolute atomic E-state index is 12.2. The molecule has 132 valence electrons. The Morgan fingerprint density at radius 3 is 2.00 bits per heavy atom. The monoisotopic (exact) mass is 364 g/mol. The molecule has 2 rings (SSSR count). The van der Waals surface area contributed by atoms with E-state index in [4.69, 9.17) is 36.4 Å². The van der Waals surface area contributed by atoms with Gasteiger partial charge in [0.15, 0.2) is 17.3 Å². The predicted octanol–water partition coefficient (Wildman–Crippen LogP) is 2.84. The molecule has 0 bridgehead atoms. The van der Waals surface area contributed by atoms with Crippen LogP contribution in [0, 0.1) is 0 Å². The highest BCUT2D eigenvalue weighted by Crippen LogP contribution is 2.38. The Morgan fingerprint density at radius 2 is 1.52 bits per heavy atom. The molecule has 8 heteroatoms. The summed E-state index contributed by atoms with van der Waals surface area (Å²) in [4.78, 5) is 17.1. The summed E-state index contributed by atoms with van der Waals surface area (Å²) in [6.45, 7) is 0. The first kappa shape index (κ1) is 18.4. The van der Waals surface area contributed by atoms with Crippen molar-refractivity contribution in [2.45, 2.75) is 0 Å². The van der Waals surface area contributed by atoms with Crippen molar-refractivity contribution >= 4 is 23.4 Å². The summed E-state index contributed by atoms with van der Waals surface area (Å²) in [6, 6.07) is 9.54. The Labute approximate surface area is 149 Å². The fourth-order valence-electron chi connectivity index (χ4n) is 2.02. The molecular weight excluding hydrogens is 348 g/mol. The van der Waals surface area contributed by atoms with Crippen LogP contribution in [-0.4, -0.2) is 33.1 Å². The first-order valence-electron chi connectivity index (χ1n) is 7.11. The van der Waals surface area contributed by atoms with Crippen LogP contribution in [0.5, 0.6) is 17.2 Å². The third kappa shape index (κ3) is 4.33. The van der Waals surface area contributed by atoms with Gasteiger partial charge < -0.3 is 24.8 Å². The molecule has 0 amide bonds. The summed E-state index contributed by atoms with van der Waals surface area (Å²) in [5.41, 5.74) is 6.53. The number of methoxy groups -OCH3 is 3. The van der Waals surface area contributed by atoms with E-state index < -0.39 is 5.97 Å². The van der Waals surface area contributed by atoms with E-state index in [0.717, 1.165) is 0 Å². The van der Waals surface area contributed by atoms with Crippen LogP contribution in [0.2, 0.25) is 5.02 Å². The average Bonchev–Trinajstić information content (AvgIpc) is 2.64. The molecule has 7 nitrogen and oxygen atoms in total. The Balaban J connectivity index is 2.23. The van der Waals surface area contributed by atoms with Gasteiger partial charge in [0.2, 0.25) is 5.75 Å². The van der Waals surface area contributed by atoms with Crippen molar-refractivity contribution in [2.24, 2.45) is 10.9 Å². The van der Waals surface area contributed by atoms with Gasteiger partial charge in [0.1, 0.15) is 0 Å². The predicted molar refractivity (Wildman–Crippen MR) is 93.7 cm³/mol. The van der Waals surface area contributed by atoms with Crippen LogP contribution in [0.25, 0.3) is 0 Å². The number of benzene rings is 2. The van der Waals surface area contributed by atoms with Crippen molar-refractivity contribution < 1.29 is 23.8 Å². The van der Waals surface area contributed by atoms with Gasteiger partial charge in [0.25, 0.3) is 0 Å². The molecule has 2 aromatic rings. The molecule has 0 aliphatic rings. The van der Waals surface area contributed by atoms with Gasteiger partial charge in [0.05, 0.1) is 26.9 Å². The second-order valence-electron chi connectivity index (χ2n) is 4.78. The summed E-state index contributed by atoms with van der Waals surface area (Å²) in [7, 11) is 4.36. The second kappa shape index (κ2) is 8.25. The highest BCUT2D eigenvalue weighted by atomic mass is 35.5. The fraction of sp³-hybridized carbons (Fsp3) is 0.176. The van der Waals surface area contributed by atoms with Crippen LogP contribution in [0.15, 0.2) is 41.6 Å². The number of hydrogen-bond donors (Lipinski definition) is 1. The van der Waals surface area contributed by atoms with E-state index in [2.05, 4.69) is 5.16 Å². The molecule has 0 radical (unpaired) electrons. The zero-order chi connectivity index (χ0) is 18.4. The molecule has 0 atom stereocenters. The van der Waals surface area contributed by atoms with Gasteiger partial charge in [-0.15, -0.1) is 0 Å².